The van der Waals surface area contributed by atoms with Gasteiger partial charge in [0.15, 0.2) is 0 Å². The first-order valence-corrected chi connectivity index (χ1v) is 6.30. The van der Waals surface area contributed by atoms with Gasteiger partial charge in [-0.15, -0.1) is 0 Å². The largest absolute Gasteiger partial charge is 0.480 e. The van der Waals surface area contributed by atoms with E-state index in [1.54, 1.807) is 20.8 Å². The van der Waals surface area contributed by atoms with Gasteiger partial charge in [0.2, 0.25) is 0 Å². The van der Waals surface area contributed by atoms with Crippen LogP contribution in [0.3, 0.4) is 0 Å². The standard InChI is InChI=1S/C12H23F3N2O2/c1-5-17(8-12(13,14)15)7-6-11(4,10(18)19)16-9(2)3/h9,16H,5-8H2,1-4H3,(H,18,19). The number of halogens is 3. The average molecular weight is 284 g/mol. The van der Waals surface area contributed by atoms with Crippen LogP contribution in [-0.4, -0.2) is 53.4 Å². The second-order valence-corrected chi connectivity index (χ2v) is 5.17. The summed E-state index contributed by atoms with van der Waals surface area (Å²) in [6, 6.07) is -0.0567. The topological polar surface area (TPSA) is 52.6 Å². The molecule has 7 heteroatoms. The molecule has 0 rings (SSSR count). The van der Waals surface area contributed by atoms with E-state index in [1.165, 1.54) is 11.8 Å². The van der Waals surface area contributed by atoms with Crippen molar-refractivity contribution in [2.45, 2.75) is 51.9 Å². The maximum atomic E-state index is 12.3. The first-order chi connectivity index (χ1) is 8.50. The van der Waals surface area contributed by atoms with Crippen LogP contribution in [0.25, 0.3) is 0 Å². The van der Waals surface area contributed by atoms with E-state index in [9.17, 15) is 23.1 Å². The highest BCUT2D eigenvalue weighted by atomic mass is 19.4. The van der Waals surface area contributed by atoms with Crippen LogP contribution in [0.15, 0.2) is 0 Å². The van der Waals surface area contributed by atoms with E-state index < -0.39 is 24.2 Å². The SMILES string of the molecule is CCN(CCC(C)(NC(C)C)C(=O)O)CC(F)(F)F. The summed E-state index contributed by atoms with van der Waals surface area (Å²) < 4.78 is 36.9. The minimum absolute atomic E-state index is 0.0567. The number of alkyl halides is 3. The zero-order chi connectivity index (χ0) is 15.3. The lowest BCUT2D eigenvalue weighted by molar-refractivity contribution is -0.148. The highest BCUT2D eigenvalue weighted by molar-refractivity contribution is 5.78. The van der Waals surface area contributed by atoms with E-state index in [-0.39, 0.29) is 25.6 Å². The Labute approximate surface area is 112 Å². The highest BCUT2D eigenvalue weighted by Gasteiger charge is 2.35. The van der Waals surface area contributed by atoms with Gasteiger partial charge >= 0.3 is 12.1 Å². The van der Waals surface area contributed by atoms with Gasteiger partial charge in [0.05, 0.1) is 6.54 Å². The molecule has 1 atom stereocenters. The monoisotopic (exact) mass is 284 g/mol. The Balaban J connectivity index is 4.57. The Morgan fingerprint density at radius 1 is 1.37 bits per heavy atom. The van der Waals surface area contributed by atoms with Crippen LogP contribution >= 0.6 is 0 Å². The zero-order valence-corrected chi connectivity index (χ0v) is 11.8. The minimum atomic E-state index is -4.26. The van der Waals surface area contributed by atoms with Gasteiger partial charge in [-0.2, -0.15) is 13.2 Å². The van der Waals surface area contributed by atoms with Crippen LogP contribution in [0.2, 0.25) is 0 Å². The average Bonchev–Trinajstić information content (AvgIpc) is 2.21. The fraction of sp³-hybridized carbons (Fsp3) is 0.917. The Hall–Kier alpha value is -0.820. The molecular weight excluding hydrogens is 261 g/mol. The van der Waals surface area contributed by atoms with Crippen LogP contribution in [0.1, 0.15) is 34.1 Å². The van der Waals surface area contributed by atoms with Gasteiger partial charge in [0, 0.05) is 12.6 Å². The third-order valence-corrected chi connectivity index (χ3v) is 2.86. The summed E-state index contributed by atoms with van der Waals surface area (Å²) in [6.07, 6.45) is -4.15. The van der Waals surface area contributed by atoms with Gasteiger partial charge in [-0.1, -0.05) is 6.92 Å². The summed E-state index contributed by atoms with van der Waals surface area (Å²) in [6.45, 7) is 6.02. The van der Waals surface area contributed by atoms with Gasteiger partial charge in [0.25, 0.3) is 0 Å². The van der Waals surface area contributed by atoms with Crippen molar-refractivity contribution in [3.63, 3.8) is 0 Å². The summed E-state index contributed by atoms with van der Waals surface area (Å²) in [5, 5.41) is 12.1. The highest BCUT2D eigenvalue weighted by Crippen LogP contribution is 2.18. The fourth-order valence-electron chi connectivity index (χ4n) is 1.86. The Morgan fingerprint density at radius 2 is 1.89 bits per heavy atom. The molecule has 0 saturated carbocycles. The van der Waals surface area contributed by atoms with Gasteiger partial charge in [-0.3, -0.25) is 15.0 Å². The van der Waals surface area contributed by atoms with Crippen molar-refractivity contribution in [2.75, 3.05) is 19.6 Å². The van der Waals surface area contributed by atoms with Crippen molar-refractivity contribution in [1.82, 2.24) is 10.2 Å². The van der Waals surface area contributed by atoms with Crippen molar-refractivity contribution < 1.29 is 23.1 Å². The fourth-order valence-corrected chi connectivity index (χ4v) is 1.86. The molecule has 114 valence electrons. The Morgan fingerprint density at radius 3 is 2.21 bits per heavy atom. The molecule has 0 aliphatic rings. The molecule has 0 spiro atoms. The van der Waals surface area contributed by atoms with Crippen molar-refractivity contribution in [2.24, 2.45) is 0 Å². The van der Waals surface area contributed by atoms with E-state index in [0.717, 1.165) is 0 Å². The molecule has 0 heterocycles. The smallest absolute Gasteiger partial charge is 0.401 e. The van der Waals surface area contributed by atoms with E-state index in [2.05, 4.69) is 5.32 Å². The number of rotatable bonds is 8. The predicted molar refractivity (Wildman–Crippen MR) is 67.1 cm³/mol. The number of carboxylic acid groups (broad SMARTS) is 1. The van der Waals surface area contributed by atoms with E-state index in [4.69, 9.17) is 0 Å². The lowest BCUT2D eigenvalue weighted by Gasteiger charge is -2.31. The van der Waals surface area contributed by atoms with Gasteiger partial charge in [-0.25, -0.2) is 0 Å². The molecule has 4 nitrogen and oxygen atoms in total. The molecule has 0 aromatic carbocycles. The number of carbonyl (C=O) groups is 1. The van der Waals surface area contributed by atoms with Crippen molar-refractivity contribution in [1.29, 1.82) is 0 Å². The predicted octanol–water partition coefficient (Wildman–Crippen LogP) is 2.10. The number of carboxylic acids is 1. The van der Waals surface area contributed by atoms with Crippen molar-refractivity contribution in [3.8, 4) is 0 Å². The van der Waals surface area contributed by atoms with Crippen molar-refractivity contribution in [3.05, 3.63) is 0 Å². The molecule has 0 saturated heterocycles. The van der Waals surface area contributed by atoms with Crippen LogP contribution in [-0.2, 0) is 4.79 Å². The van der Waals surface area contributed by atoms with Crippen LogP contribution in [0.5, 0.6) is 0 Å². The molecule has 0 aromatic heterocycles. The molecule has 0 aromatic rings. The summed E-state index contributed by atoms with van der Waals surface area (Å²) in [5.41, 5.74) is -1.22. The second kappa shape index (κ2) is 7.09. The molecule has 0 radical (unpaired) electrons. The lowest BCUT2D eigenvalue weighted by atomic mass is 9.96. The number of nitrogens with one attached hydrogen (secondary N) is 1. The van der Waals surface area contributed by atoms with E-state index in [0.29, 0.717) is 0 Å². The summed E-state index contributed by atoms with van der Waals surface area (Å²) in [7, 11) is 0. The second-order valence-electron chi connectivity index (χ2n) is 5.17. The molecule has 2 N–H and O–H groups in total. The number of hydrogen-bond donors (Lipinski definition) is 2. The molecule has 0 fully saturated rings. The first kappa shape index (κ1) is 18.2. The number of aliphatic carboxylic acids is 1. The van der Waals surface area contributed by atoms with Crippen LogP contribution in [0, 0.1) is 0 Å². The minimum Gasteiger partial charge on any atom is -0.480 e. The Kier molecular flexibility index (Phi) is 6.79. The maximum absolute atomic E-state index is 12.3. The number of hydrogen-bond acceptors (Lipinski definition) is 3. The third-order valence-electron chi connectivity index (χ3n) is 2.86. The summed E-state index contributed by atoms with van der Waals surface area (Å²) in [4.78, 5) is 12.4. The van der Waals surface area contributed by atoms with E-state index >= 15 is 0 Å². The van der Waals surface area contributed by atoms with Gasteiger partial charge < -0.3 is 5.11 Å². The molecule has 19 heavy (non-hydrogen) atoms. The molecule has 1 unspecified atom stereocenters. The summed E-state index contributed by atoms with van der Waals surface area (Å²) in [5.74, 6) is -1.05. The first-order valence-electron chi connectivity index (χ1n) is 6.30. The molecule has 0 aliphatic carbocycles. The Bertz CT molecular complexity index is 295. The molecule has 0 aliphatic heterocycles. The normalized spacial score (nSPS) is 15.8. The molecule has 0 bridgehead atoms. The zero-order valence-electron chi connectivity index (χ0n) is 11.8. The molecule has 0 amide bonds. The van der Waals surface area contributed by atoms with Gasteiger partial charge in [-0.05, 0) is 33.7 Å². The van der Waals surface area contributed by atoms with Gasteiger partial charge in [0.1, 0.15) is 5.54 Å². The maximum Gasteiger partial charge on any atom is 0.401 e. The summed E-state index contributed by atoms with van der Waals surface area (Å²) >= 11 is 0. The number of nitrogens with zero attached hydrogens (tertiary/aromatic N) is 1. The van der Waals surface area contributed by atoms with E-state index in [1.807, 2.05) is 0 Å². The quantitative estimate of drug-likeness (QED) is 0.717. The third kappa shape index (κ3) is 7.37. The lowest BCUT2D eigenvalue weighted by Crippen LogP contribution is -2.54. The van der Waals surface area contributed by atoms with Crippen molar-refractivity contribution >= 4 is 5.97 Å². The molecular formula is C12H23F3N2O2. The van der Waals surface area contributed by atoms with Crippen LogP contribution in [0.4, 0.5) is 13.2 Å². The van der Waals surface area contributed by atoms with Crippen LogP contribution < -0.4 is 5.32 Å².